The van der Waals surface area contributed by atoms with Crippen molar-refractivity contribution in [2.45, 2.75) is 25.3 Å². The zero-order valence-corrected chi connectivity index (χ0v) is 19.9. The molecule has 0 aliphatic carbocycles. The van der Waals surface area contributed by atoms with Crippen molar-refractivity contribution in [1.29, 1.82) is 0 Å². The smallest absolute Gasteiger partial charge is 0.248 e. The van der Waals surface area contributed by atoms with Gasteiger partial charge in [0.05, 0.1) is 19.3 Å². The molecular weight excluding hydrogens is 468 g/mol. The zero-order chi connectivity index (χ0) is 23.6. The molecule has 1 saturated heterocycles. The van der Waals surface area contributed by atoms with Crippen molar-refractivity contribution in [3.8, 4) is 0 Å². The molecule has 1 aliphatic rings. The van der Waals surface area contributed by atoms with E-state index in [9.17, 15) is 13.2 Å². The molecule has 1 aromatic carbocycles. The van der Waals surface area contributed by atoms with Gasteiger partial charge in [0.15, 0.2) is 5.76 Å². The minimum absolute atomic E-state index is 0.125. The molecule has 1 amide bonds. The van der Waals surface area contributed by atoms with Crippen molar-refractivity contribution in [2.24, 2.45) is 0 Å². The minimum atomic E-state index is -3.68. The minimum Gasteiger partial charge on any atom is -0.360 e. The molecule has 3 aromatic rings. The van der Waals surface area contributed by atoms with E-state index in [1.807, 2.05) is 29.2 Å². The van der Waals surface area contributed by atoms with Gasteiger partial charge in [-0.15, -0.1) is 0 Å². The summed E-state index contributed by atoms with van der Waals surface area (Å²) in [6.07, 6.45) is 1.62. The van der Waals surface area contributed by atoms with E-state index in [0.29, 0.717) is 36.2 Å². The Balaban J connectivity index is 1.33. The van der Waals surface area contributed by atoms with E-state index in [4.69, 9.17) is 16.1 Å². The highest BCUT2D eigenvalue weighted by Gasteiger charge is 2.33. The lowest BCUT2D eigenvalue weighted by Gasteiger charge is -2.33. The molecular formula is C21H25ClN6O4S. The molecule has 1 fully saturated rings. The van der Waals surface area contributed by atoms with Crippen molar-refractivity contribution in [3.05, 3.63) is 58.6 Å². The predicted octanol–water partition coefficient (Wildman–Crippen LogP) is 2.13. The second-order valence-electron chi connectivity index (χ2n) is 7.85. The van der Waals surface area contributed by atoms with E-state index in [2.05, 4.69) is 15.6 Å². The fraction of sp³-hybridized carbons (Fsp3) is 0.381. The van der Waals surface area contributed by atoms with E-state index in [0.717, 1.165) is 5.56 Å². The molecule has 12 heteroatoms. The number of carbonyl (C=O) groups excluding carboxylic acids is 1. The van der Waals surface area contributed by atoms with Crippen molar-refractivity contribution in [2.75, 3.05) is 38.0 Å². The zero-order valence-electron chi connectivity index (χ0n) is 18.4. The molecule has 33 heavy (non-hydrogen) atoms. The van der Waals surface area contributed by atoms with Gasteiger partial charge in [-0.3, -0.25) is 9.69 Å². The molecule has 3 heterocycles. The van der Waals surface area contributed by atoms with Crippen LogP contribution in [0.5, 0.6) is 0 Å². The maximum atomic E-state index is 13.0. The van der Waals surface area contributed by atoms with Gasteiger partial charge in [0, 0.05) is 37.3 Å². The van der Waals surface area contributed by atoms with E-state index < -0.39 is 10.0 Å². The Morgan fingerprint density at radius 2 is 1.88 bits per heavy atom. The van der Waals surface area contributed by atoms with Gasteiger partial charge < -0.3 is 9.84 Å². The van der Waals surface area contributed by atoms with Crippen molar-refractivity contribution < 1.29 is 17.7 Å². The van der Waals surface area contributed by atoms with Crippen molar-refractivity contribution in [3.63, 3.8) is 0 Å². The molecule has 2 aromatic heterocycles. The number of rotatable bonds is 7. The number of hydrogen-bond donors (Lipinski definition) is 1. The number of hydrogen-bond acceptors (Lipinski definition) is 7. The summed E-state index contributed by atoms with van der Waals surface area (Å²) in [6.45, 7) is 5.22. The number of nitrogens with zero attached hydrogens (tertiary/aromatic N) is 5. The summed E-state index contributed by atoms with van der Waals surface area (Å²) in [5.41, 5.74) is 1.25. The van der Waals surface area contributed by atoms with Crippen LogP contribution in [0.4, 0.5) is 5.82 Å². The van der Waals surface area contributed by atoms with Crippen LogP contribution in [-0.2, 0) is 21.4 Å². The highest BCUT2D eigenvalue weighted by atomic mass is 35.5. The Labute approximate surface area is 197 Å². The second-order valence-corrected chi connectivity index (χ2v) is 10.1. The van der Waals surface area contributed by atoms with E-state index in [1.165, 1.54) is 4.31 Å². The molecule has 0 spiro atoms. The fourth-order valence-electron chi connectivity index (χ4n) is 3.84. The quantitative estimate of drug-likeness (QED) is 0.537. The third kappa shape index (κ3) is 5.11. The Kier molecular flexibility index (Phi) is 6.84. The monoisotopic (exact) mass is 492 g/mol. The van der Waals surface area contributed by atoms with Crippen LogP contribution in [0.2, 0.25) is 5.02 Å². The summed E-state index contributed by atoms with van der Waals surface area (Å²) < 4.78 is 34.0. The molecule has 0 radical (unpaired) electrons. The van der Waals surface area contributed by atoms with Gasteiger partial charge in [-0.05, 0) is 25.5 Å². The largest absolute Gasteiger partial charge is 0.360 e. The maximum absolute atomic E-state index is 13.0. The fourth-order valence-corrected chi connectivity index (χ4v) is 5.75. The molecule has 176 valence electrons. The number of aromatic nitrogens is 3. The van der Waals surface area contributed by atoms with Crippen LogP contribution in [0.3, 0.4) is 0 Å². The maximum Gasteiger partial charge on any atom is 0.248 e. The van der Waals surface area contributed by atoms with E-state index in [1.54, 1.807) is 30.8 Å². The number of aryl methyl sites for hydroxylation is 2. The van der Waals surface area contributed by atoms with Gasteiger partial charge >= 0.3 is 0 Å². The van der Waals surface area contributed by atoms with Crippen LogP contribution in [0, 0.1) is 13.8 Å². The number of piperazine rings is 1. The SMILES string of the molecule is Cc1noc(C)c1S(=O)(=O)N1CCN(CC(=O)Nc2ccnn2Cc2ccccc2Cl)CC1. The number of carbonyl (C=O) groups is 1. The Hall–Kier alpha value is -2.73. The number of anilines is 1. The van der Waals surface area contributed by atoms with Crippen molar-refractivity contribution >= 4 is 33.3 Å². The van der Waals surface area contributed by atoms with Crippen LogP contribution >= 0.6 is 11.6 Å². The topological polar surface area (TPSA) is 114 Å². The first-order valence-electron chi connectivity index (χ1n) is 10.5. The van der Waals surface area contributed by atoms with Crippen LogP contribution in [0.15, 0.2) is 45.9 Å². The lowest BCUT2D eigenvalue weighted by molar-refractivity contribution is -0.117. The third-order valence-electron chi connectivity index (χ3n) is 5.53. The summed E-state index contributed by atoms with van der Waals surface area (Å²) in [4.78, 5) is 14.7. The number of amides is 1. The number of sulfonamides is 1. The standard InChI is InChI=1S/C21H25ClN6O4S/c1-15-21(16(2)32-25-15)33(30,31)27-11-9-26(10-12-27)14-20(29)24-19-7-8-23-28(19)13-17-5-3-4-6-18(17)22/h3-8H,9-14H2,1-2H3,(H,24,29). The first-order valence-corrected chi connectivity index (χ1v) is 12.3. The summed E-state index contributed by atoms with van der Waals surface area (Å²) in [5.74, 6) is 0.653. The van der Waals surface area contributed by atoms with Gasteiger partial charge in [-0.25, -0.2) is 13.1 Å². The summed E-state index contributed by atoms with van der Waals surface area (Å²) in [5, 5.41) is 11.5. The number of nitrogens with one attached hydrogen (secondary N) is 1. The second kappa shape index (κ2) is 9.64. The highest BCUT2D eigenvalue weighted by Crippen LogP contribution is 2.24. The van der Waals surface area contributed by atoms with Crippen LogP contribution < -0.4 is 5.32 Å². The molecule has 0 atom stereocenters. The van der Waals surface area contributed by atoms with Gasteiger partial charge in [-0.2, -0.15) is 9.40 Å². The molecule has 0 unspecified atom stereocenters. The lowest BCUT2D eigenvalue weighted by Crippen LogP contribution is -2.50. The normalized spacial score (nSPS) is 15.6. The molecule has 0 saturated carbocycles. The Morgan fingerprint density at radius 3 is 2.55 bits per heavy atom. The van der Waals surface area contributed by atoms with Gasteiger partial charge in [0.1, 0.15) is 16.4 Å². The van der Waals surface area contributed by atoms with Crippen molar-refractivity contribution in [1.82, 2.24) is 24.1 Å². The summed E-state index contributed by atoms with van der Waals surface area (Å²) >= 11 is 6.23. The van der Waals surface area contributed by atoms with Gasteiger partial charge in [0.2, 0.25) is 15.9 Å². The van der Waals surface area contributed by atoms with Gasteiger partial charge in [0.25, 0.3) is 0 Å². The first-order chi connectivity index (χ1) is 15.8. The molecule has 1 N–H and O–H groups in total. The number of halogens is 1. The van der Waals surface area contributed by atoms with Crippen LogP contribution in [0.25, 0.3) is 0 Å². The highest BCUT2D eigenvalue weighted by molar-refractivity contribution is 7.89. The number of benzene rings is 1. The Bertz CT molecular complexity index is 1230. The summed E-state index contributed by atoms with van der Waals surface area (Å²) in [6, 6.07) is 9.20. The lowest BCUT2D eigenvalue weighted by atomic mass is 10.2. The molecule has 0 bridgehead atoms. The summed E-state index contributed by atoms with van der Waals surface area (Å²) in [7, 11) is -3.68. The molecule has 4 rings (SSSR count). The average molecular weight is 493 g/mol. The molecule has 10 nitrogen and oxygen atoms in total. The predicted molar refractivity (Wildman–Crippen MR) is 123 cm³/mol. The first kappa shape index (κ1) is 23.4. The average Bonchev–Trinajstić information content (AvgIpc) is 3.35. The molecule has 1 aliphatic heterocycles. The van der Waals surface area contributed by atoms with E-state index >= 15 is 0 Å². The van der Waals surface area contributed by atoms with Gasteiger partial charge in [-0.1, -0.05) is 35.0 Å². The van der Waals surface area contributed by atoms with Crippen LogP contribution in [-0.4, -0.2) is 71.2 Å². The third-order valence-corrected chi connectivity index (χ3v) is 8.04. The van der Waals surface area contributed by atoms with E-state index in [-0.39, 0.29) is 36.2 Å². The Morgan fingerprint density at radius 1 is 1.15 bits per heavy atom. The van der Waals surface area contributed by atoms with Crippen LogP contribution in [0.1, 0.15) is 17.0 Å².